The summed E-state index contributed by atoms with van der Waals surface area (Å²) in [5.74, 6) is 6.00. The summed E-state index contributed by atoms with van der Waals surface area (Å²) in [4.78, 5) is 36.9. The minimum Gasteiger partial charge on any atom is -0.384 e. The van der Waals surface area contributed by atoms with Crippen LogP contribution in [0.1, 0.15) is 56.5 Å². The van der Waals surface area contributed by atoms with Crippen LogP contribution < -0.4 is 11.1 Å². The predicted octanol–water partition coefficient (Wildman–Crippen LogP) is 3.07. The molecule has 0 radical (unpaired) electrons. The van der Waals surface area contributed by atoms with Crippen molar-refractivity contribution in [3.05, 3.63) is 87.3 Å². The van der Waals surface area contributed by atoms with Gasteiger partial charge in [-0.2, -0.15) is 5.10 Å². The molecule has 1 aliphatic heterocycles. The molecule has 4 N–H and O–H groups in total. The summed E-state index contributed by atoms with van der Waals surface area (Å²) in [5.41, 5.74) is 11.1. The summed E-state index contributed by atoms with van der Waals surface area (Å²) in [6.45, 7) is 0.307. The molecule has 10 heteroatoms. The summed E-state index contributed by atoms with van der Waals surface area (Å²) < 4.78 is 0. The van der Waals surface area contributed by atoms with E-state index in [-0.39, 0.29) is 11.8 Å². The Hall–Kier alpha value is -4.49. The number of aryl methyl sites for hydroxylation is 1. The fourth-order valence-electron chi connectivity index (χ4n) is 4.68. The van der Waals surface area contributed by atoms with Crippen LogP contribution in [0, 0.1) is 11.8 Å². The maximum atomic E-state index is 13.6. The molecule has 2 aliphatic rings. The second kappa shape index (κ2) is 8.94. The van der Waals surface area contributed by atoms with Gasteiger partial charge in [0, 0.05) is 46.7 Å². The van der Waals surface area contributed by atoms with E-state index in [1.807, 2.05) is 12.1 Å². The van der Waals surface area contributed by atoms with E-state index in [1.165, 1.54) is 11.3 Å². The number of pyridine rings is 1. The number of aromatic amines is 1. The number of anilines is 2. The Morgan fingerprint density at radius 1 is 1.17 bits per heavy atom. The maximum absolute atomic E-state index is 13.6. The number of nitrogens with zero attached hydrogens (tertiary/aromatic N) is 4. The van der Waals surface area contributed by atoms with Gasteiger partial charge in [-0.15, -0.1) is 11.3 Å². The van der Waals surface area contributed by atoms with Crippen molar-refractivity contribution in [2.75, 3.05) is 11.1 Å². The van der Waals surface area contributed by atoms with Gasteiger partial charge in [0.15, 0.2) is 11.2 Å². The highest BCUT2D eigenvalue weighted by atomic mass is 32.1. The van der Waals surface area contributed by atoms with Crippen molar-refractivity contribution in [2.45, 2.75) is 31.8 Å². The third-order valence-corrected chi connectivity index (χ3v) is 7.09. The lowest BCUT2D eigenvalue weighted by Crippen LogP contribution is -2.38. The molecule has 0 bridgehead atoms. The number of carbonyl (C=O) groups excluding carboxylic acids is 2. The van der Waals surface area contributed by atoms with Crippen molar-refractivity contribution in [2.24, 2.45) is 0 Å². The summed E-state index contributed by atoms with van der Waals surface area (Å²) >= 11 is 1.33. The number of amides is 2. The van der Waals surface area contributed by atoms with Gasteiger partial charge in [0.05, 0.1) is 5.69 Å². The summed E-state index contributed by atoms with van der Waals surface area (Å²) in [6, 6.07) is 8.16. The van der Waals surface area contributed by atoms with Crippen LogP contribution in [0.4, 0.5) is 10.9 Å². The normalized spacial score (nSPS) is 14.7. The lowest BCUT2D eigenvalue weighted by molar-refractivity contribution is -0.121. The van der Waals surface area contributed by atoms with Crippen molar-refractivity contribution >= 4 is 34.1 Å². The minimum atomic E-state index is -0.873. The van der Waals surface area contributed by atoms with E-state index in [9.17, 15) is 9.59 Å². The van der Waals surface area contributed by atoms with Gasteiger partial charge in [-0.3, -0.25) is 20.0 Å². The molecule has 9 nitrogen and oxygen atoms in total. The van der Waals surface area contributed by atoms with Gasteiger partial charge in [0.2, 0.25) is 0 Å². The average Bonchev–Trinajstić information content (AvgIpc) is 3.67. The third-order valence-electron chi connectivity index (χ3n) is 6.40. The Morgan fingerprint density at radius 2 is 2.03 bits per heavy atom. The number of carbonyl (C=O) groups is 2. The van der Waals surface area contributed by atoms with E-state index in [2.05, 4.69) is 37.3 Å². The zero-order chi connectivity index (χ0) is 24.6. The highest BCUT2D eigenvalue weighted by Gasteiger charge is 2.41. The Kier molecular flexibility index (Phi) is 5.47. The van der Waals surface area contributed by atoms with Crippen LogP contribution in [0.2, 0.25) is 0 Å². The van der Waals surface area contributed by atoms with Crippen molar-refractivity contribution in [1.29, 1.82) is 0 Å². The lowest BCUT2D eigenvalue weighted by atomic mass is 10.1. The molecule has 0 fully saturated rings. The molecule has 4 aromatic rings. The van der Waals surface area contributed by atoms with Gasteiger partial charge >= 0.3 is 0 Å². The summed E-state index contributed by atoms with van der Waals surface area (Å²) in [5, 5.41) is 12.7. The number of aromatic nitrogens is 4. The molecule has 0 unspecified atom stereocenters. The Morgan fingerprint density at radius 3 is 2.83 bits per heavy atom. The first-order valence-corrected chi connectivity index (χ1v) is 12.4. The van der Waals surface area contributed by atoms with Crippen LogP contribution in [0.25, 0.3) is 0 Å². The molecule has 1 aliphatic carbocycles. The Balaban J connectivity index is 1.32. The molecule has 0 saturated carbocycles. The molecule has 6 rings (SSSR count). The number of nitrogen functional groups attached to an aromatic ring is 1. The molecule has 1 aromatic carbocycles. The topological polar surface area (TPSA) is 130 Å². The third kappa shape index (κ3) is 3.99. The molecule has 1 atom stereocenters. The number of nitrogens with two attached hydrogens (primary N) is 1. The quantitative estimate of drug-likeness (QED) is 0.373. The molecular weight excluding hydrogens is 474 g/mol. The lowest BCUT2D eigenvalue weighted by Gasteiger charge is -2.26. The van der Waals surface area contributed by atoms with Crippen molar-refractivity contribution in [3.63, 3.8) is 0 Å². The van der Waals surface area contributed by atoms with Crippen molar-refractivity contribution in [1.82, 2.24) is 25.1 Å². The highest BCUT2D eigenvalue weighted by molar-refractivity contribution is 7.13. The van der Waals surface area contributed by atoms with E-state index in [1.54, 1.807) is 40.9 Å². The maximum Gasteiger partial charge on any atom is 0.255 e. The molecule has 2 amide bonds. The fraction of sp³-hybridized carbons (Fsp3) is 0.192. The molecular formula is C26H21N7O2S. The van der Waals surface area contributed by atoms with Crippen molar-refractivity contribution < 1.29 is 9.59 Å². The van der Waals surface area contributed by atoms with Gasteiger partial charge in [-0.05, 0) is 54.7 Å². The molecule has 36 heavy (non-hydrogen) atoms. The standard InChI is InChI=1S/C26H21N7O2S/c27-21-9-7-16(13-29-21)5-4-15-6-8-17-14-33(25(35)19(17)12-15)23(24(34)30-26-28-10-11-36-26)22-18-2-1-3-20(18)31-32-22/h6-13,23H,1-3,14H2,(H2,27,29)(H,31,32)(H,28,30,34)/t23-/m1/s1. The number of rotatable bonds is 4. The molecule has 178 valence electrons. The van der Waals surface area contributed by atoms with Crippen LogP contribution >= 0.6 is 11.3 Å². The van der Waals surface area contributed by atoms with E-state index in [0.29, 0.717) is 34.3 Å². The number of H-pyrrole nitrogens is 1. The number of thiazole rings is 1. The molecule has 0 saturated heterocycles. The van der Waals surface area contributed by atoms with Crippen molar-refractivity contribution in [3.8, 4) is 11.8 Å². The van der Waals surface area contributed by atoms with Crippen LogP contribution in [-0.4, -0.2) is 36.9 Å². The van der Waals surface area contributed by atoms with Gasteiger partial charge in [-0.25, -0.2) is 9.97 Å². The largest absolute Gasteiger partial charge is 0.384 e. The number of fused-ring (bicyclic) bond motifs is 2. The highest BCUT2D eigenvalue weighted by Crippen LogP contribution is 2.36. The fourth-order valence-corrected chi connectivity index (χ4v) is 5.21. The van der Waals surface area contributed by atoms with Crippen LogP contribution in [0.3, 0.4) is 0 Å². The van der Waals surface area contributed by atoms with E-state index in [0.717, 1.165) is 41.6 Å². The second-order valence-corrected chi connectivity index (χ2v) is 9.57. The summed E-state index contributed by atoms with van der Waals surface area (Å²) in [7, 11) is 0. The van der Waals surface area contributed by atoms with E-state index >= 15 is 0 Å². The zero-order valence-corrected chi connectivity index (χ0v) is 19.9. The number of nitrogens with one attached hydrogen (secondary N) is 2. The number of benzene rings is 1. The van der Waals surface area contributed by atoms with E-state index in [4.69, 9.17) is 5.73 Å². The zero-order valence-electron chi connectivity index (χ0n) is 19.1. The van der Waals surface area contributed by atoms with Crippen LogP contribution in [0.15, 0.2) is 48.1 Å². The first kappa shape index (κ1) is 22.0. The Bertz CT molecular complexity index is 1530. The smallest absolute Gasteiger partial charge is 0.255 e. The second-order valence-electron chi connectivity index (χ2n) is 8.68. The Labute approximate surface area is 210 Å². The van der Waals surface area contributed by atoms with Crippen LogP contribution in [0.5, 0.6) is 0 Å². The predicted molar refractivity (Wildman–Crippen MR) is 135 cm³/mol. The number of hydrogen-bond donors (Lipinski definition) is 3. The first-order valence-electron chi connectivity index (χ1n) is 11.5. The van der Waals surface area contributed by atoms with Gasteiger partial charge in [-0.1, -0.05) is 17.9 Å². The first-order chi connectivity index (χ1) is 17.6. The monoisotopic (exact) mass is 495 g/mol. The number of hydrogen-bond acceptors (Lipinski definition) is 7. The van der Waals surface area contributed by atoms with E-state index < -0.39 is 6.04 Å². The molecule has 0 spiro atoms. The van der Waals surface area contributed by atoms with Crippen LogP contribution in [-0.2, 0) is 24.2 Å². The van der Waals surface area contributed by atoms with Gasteiger partial charge in [0.1, 0.15) is 5.82 Å². The molecule has 3 aromatic heterocycles. The van der Waals surface area contributed by atoms with Gasteiger partial charge in [0.25, 0.3) is 11.8 Å². The molecule has 4 heterocycles. The SMILES string of the molecule is Nc1ccc(C#Cc2ccc3c(c2)C(=O)N([C@@H](C(=O)Nc2nccs2)c2n[nH]c4c2CCC4)C3)cn1. The minimum absolute atomic E-state index is 0.225. The van der Waals surface area contributed by atoms with Gasteiger partial charge < -0.3 is 10.6 Å². The average molecular weight is 496 g/mol. The summed E-state index contributed by atoms with van der Waals surface area (Å²) in [6.07, 6.45) is 5.95.